The molecule has 0 aliphatic carbocycles. The molecule has 0 aliphatic heterocycles. The van der Waals surface area contributed by atoms with E-state index >= 15 is 0 Å². The Balaban J connectivity index is 2.17. The highest BCUT2D eigenvalue weighted by molar-refractivity contribution is 9.10. The van der Waals surface area contributed by atoms with Crippen LogP contribution in [0.2, 0.25) is 0 Å². The lowest BCUT2D eigenvalue weighted by atomic mass is 10.1. The average Bonchev–Trinajstić information content (AvgIpc) is 2.48. The summed E-state index contributed by atoms with van der Waals surface area (Å²) in [6.07, 6.45) is 0. The highest BCUT2D eigenvalue weighted by Gasteiger charge is 2.26. The highest BCUT2D eigenvalue weighted by Crippen LogP contribution is 2.24. The molecule has 7 heteroatoms. The van der Waals surface area contributed by atoms with E-state index in [9.17, 15) is 13.2 Å². The van der Waals surface area contributed by atoms with E-state index in [1.807, 2.05) is 19.1 Å². The number of nitrogens with zero attached hydrogens (tertiary/aromatic N) is 1. The van der Waals surface area contributed by atoms with Gasteiger partial charge in [0.25, 0.3) is 0 Å². The fraction of sp³-hybridized carbons (Fsp3) is 0.278. The maximum atomic E-state index is 12.9. The lowest BCUT2D eigenvalue weighted by Crippen LogP contribution is -2.35. The molecule has 134 valence electrons. The predicted octanol–water partition coefficient (Wildman–Crippen LogP) is 3.63. The SMILES string of the molecule is Cc1cc(C)c(S(=O)(=O)N(C)CC(=O)Nc2ccc(Br)cc2)c(C)c1. The highest BCUT2D eigenvalue weighted by atomic mass is 79.9. The summed E-state index contributed by atoms with van der Waals surface area (Å²) >= 11 is 3.32. The first-order valence-electron chi connectivity index (χ1n) is 7.71. The minimum absolute atomic E-state index is 0.259. The number of anilines is 1. The number of aryl methyl sites for hydroxylation is 3. The molecule has 0 atom stereocenters. The Labute approximate surface area is 157 Å². The molecule has 0 bridgehead atoms. The van der Waals surface area contributed by atoms with E-state index < -0.39 is 15.9 Å². The van der Waals surface area contributed by atoms with Crippen LogP contribution in [0.5, 0.6) is 0 Å². The molecule has 0 fully saturated rings. The van der Waals surface area contributed by atoms with Gasteiger partial charge in [-0.05, 0) is 56.2 Å². The molecule has 1 N–H and O–H groups in total. The second kappa shape index (κ2) is 7.68. The first-order chi connectivity index (χ1) is 11.6. The Bertz CT molecular complexity index is 870. The van der Waals surface area contributed by atoms with Crippen molar-refractivity contribution in [1.82, 2.24) is 4.31 Å². The Morgan fingerprint density at radius 3 is 2.12 bits per heavy atom. The van der Waals surface area contributed by atoms with Crippen LogP contribution in [0, 0.1) is 20.8 Å². The van der Waals surface area contributed by atoms with Gasteiger partial charge in [-0.3, -0.25) is 4.79 Å². The first-order valence-corrected chi connectivity index (χ1v) is 9.94. The van der Waals surface area contributed by atoms with Gasteiger partial charge in [0.05, 0.1) is 11.4 Å². The van der Waals surface area contributed by atoms with Gasteiger partial charge in [-0.15, -0.1) is 0 Å². The topological polar surface area (TPSA) is 66.5 Å². The zero-order valence-corrected chi connectivity index (χ0v) is 17.0. The third-order valence-corrected chi connectivity index (χ3v) is 6.41. The molecule has 5 nitrogen and oxygen atoms in total. The molecule has 0 unspecified atom stereocenters. The van der Waals surface area contributed by atoms with E-state index in [1.165, 1.54) is 7.05 Å². The van der Waals surface area contributed by atoms with Crippen molar-refractivity contribution in [2.75, 3.05) is 18.9 Å². The van der Waals surface area contributed by atoms with Crippen LogP contribution < -0.4 is 5.32 Å². The molecule has 1 amide bonds. The number of hydrogen-bond acceptors (Lipinski definition) is 3. The predicted molar refractivity (Wildman–Crippen MR) is 103 cm³/mol. The third kappa shape index (κ3) is 4.68. The van der Waals surface area contributed by atoms with Crippen molar-refractivity contribution in [3.05, 3.63) is 57.6 Å². The van der Waals surface area contributed by atoms with E-state index in [0.717, 1.165) is 14.3 Å². The summed E-state index contributed by atoms with van der Waals surface area (Å²) < 4.78 is 27.7. The largest absolute Gasteiger partial charge is 0.325 e. The average molecular weight is 425 g/mol. The van der Waals surface area contributed by atoms with Gasteiger partial charge in [-0.25, -0.2) is 8.42 Å². The standard InChI is InChI=1S/C18H21BrN2O3S/c1-12-9-13(2)18(14(3)10-12)25(23,24)21(4)11-17(22)20-16-7-5-15(19)6-8-16/h5-10H,11H2,1-4H3,(H,20,22). The molecular weight excluding hydrogens is 404 g/mol. The lowest BCUT2D eigenvalue weighted by molar-refractivity contribution is -0.116. The van der Waals surface area contributed by atoms with Crippen LogP contribution in [0.1, 0.15) is 16.7 Å². The summed E-state index contributed by atoms with van der Waals surface area (Å²) in [7, 11) is -2.33. The van der Waals surface area contributed by atoms with Gasteiger partial charge >= 0.3 is 0 Å². The number of halogens is 1. The van der Waals surface area contributed by atoms with Gasteiger partial charge in [0.1, 0.15) is 0 Å². The maximum Gasteiger partial charge on any atom is 0.243 e. The van der Waals surface area contributed by atoms with Gasteiger partial charge in [0, 0.05) is 17.2 Å². The number of carbonyl (C=O) groups excluding carboxylic acids is 1. The quantitative estimate of drug-likeness (QED) is 0.796. The van der Waals surface area contributed by atoms with E-state index in [-0.39, 0.29) is 11.4 Å². The lowest BCUT2D eigenvalue weighted by Gasteiger charge is -2.20. The number of sulfonamides is 1. The molecule has 2 aromatic carbocycles. The minimum atomic E-state index is -3.75. The number of benzene rings is 2. The summed E-state index contributed by atoms with van der Waals surface area (Å²) in [4.78, 5) is 12.4. The fourth-order valence-electron chi connectivity index (χ4n) is 2.75. The number of carbonyl (C=O) groups is 1. The smallest absolute Gasteiger partial charge is 0.243 e. The van der Waals surface area contributed by atoms with Crippen molar-refractivity contribution >= 4 is 37.5 Å². The van der Waals surface area contributed by atoms with Crippen LogP contribution in [0.3, 0.4) is 0 Å². The summed E-state index contributed by atoms with van der Waals surface area (Å²) in [5.41, 5.74) is 2.97. The molecule has 0 saturated carbocycles. The van der Waals surface area contributed by atoms with Crippen molar-refractivity contribution < 1.29 is 13.2 Å². The molecule has 0 heterocycles. The van der Waals surface area contributed by atoms with Crippen molar-refractivity contribution in [3.8, 4) is 0 Å². The molecule has 0 spiro atoms. The van der Waals surface area contributed by atoms with Gasteiger partial charge in [0.2, 0.25) is 15.9 Å². The Kier molecular flexibility index (Phi) is 6.03. The molecule has 2 rings (SSSR count). The second-order valence-electron chi connectivity index (χ2n) is 6.04. The zero-order valence-electron chi connectivity index (χ0n) is 14.6. The fourth-order valence-corrected chi connectivity index (χ4v) is 4.55. The van der Waals surface area contributed by atoms with Gasteiger partial charge in [-0.1, -0.05) is 33.6 Å². The van der Waals surface area contributed by atoms with E-state index in [4.69, 9.17) is 0 Å². The van der Waals surface area contributed by atoms with Gasteiger partial charge in [0.15, 0.2) is 0 Å². The van der Waals surface area contributed by atoms with Crippen LogP contribution >= 0.6 is 15.9 Å². The van der Waals surface area contributed by atoms with Crippen LogP contribution in [-0.4, -0.2) is 32.2 Å². The van der Waals surface area contributed by atoms with Gasteiger partial charge < -0.3 is 5.32 Å². The van der Waals surface area contributed by atoms with Crippen LogP contribution in [0.25, 0.3) is 0 Å². The Morgan fingerprint density at radius 2 is 1.60 bits per heavy atom. The van der Waals surface area contributed by atoms with E-state index in [1.54, 1.807) is 38.1 Å². The van der Waals surface area contributed by atoms with E-state index in [2.05, 4.69) is 21.2 Å². The monoisotopic (exact) mass is 424 g/mol. The number of nitrogens with one attached hydrogen (secondary N) is 1. The molecular formula is C18H21BrN2O3S. The first kappa shape index (κ1) is 19.6. The molecule has 0 radical (unpaired) electrons. The summed E-state index contributed by atoms with van der Waals surface area (Å²) in [5.74, 6) is -0.393. The maximum absolute atomic E-state index is 12.9. The molecule has 2 aromatic rings. The minimum Gasteiger partial charge on any atom is -0.325 e. The normalized spacial score (nSPS) is 11.6. The summed E-state index contributed by atoms with van der Waals surface area (Å²) in [5, 5.41) is 2.70. The van der Waals surface area contributed by atoms with Crippen LogP contribution in [0.15, 0.2) is 45.8 Å². The van der Waals surface area contributed by atoms with Crippen molar-refractivity contribution in [2.45, 2.75) is 25.7 Å². The molecule has 0 saturated heterocycles. The summed E-state index contributed by atoms with van der Waals surface area (Å²) in [6, 6.07) is 10.7. The number of rotatable bonds is 5. The number of hydrogen-bond donors (Lipinski definition) is 1. The summed E-state index contributed by atoms with van der Waals surface area (Å²) in [6.45, 7) is 5.20. The molecule has 0 aromatic heterocycles. The molecule has 25 heavy (non-hydrogen) atoms. The van der Waals surface area contributed by atoms with Crippen LogP contribution in [-0.2, 0) is 14.8 Å². The Hall–Kier alpha value is -1.70. The van der Waals surface area contributed by atoms with Crippen molar-refractivity contribution in [1.29, 1.82) is 0 Å². The third-order valence-electron chi connectivity index (χ3n) is 3.77. The van der Waals surface area contributed by atoms with Crippen molar-refractivity contribution in [3.63, 3.8) is 0 Å². The molecule has 0 aliphatic rings. The van der Waals surface area contributed by atoms with Gasteiger partial charge in [-0.2, -0.15) is 4.31 Å². The Morgan fingerprint density at radius 1 is 1.08 bits per heavy atom. The van der Waals surface area contributed by atoms with Crippen LogP contribution in [0.4, 0.5) is 5.69 Å². The second-order valence-corrected chi connectivity index (χ2v) is 8.94. The zero-order chi connectivity index (χ0) is 18.8. The number of amides is 1. The number of likely N-dealkylation sites (N-methyl/N-ethyl adjacent to an activating group) is 1. The van der Waals surface area contributed by atoms with Crippen molar-refractivity contribution in [2.24, 2.45) is 0 Å². The van der Waals surface area contributed by atoms with E-state index in [0.29, 0.717) is 16.8 Å².